The molecule has 46 valence electrons. The summed E-state index contributed by atoms with van der Waals surface area (Å²) in [5, 5.41) is 0. The Bertz CT molecular complexity index is 3.90. The minimum Gasteiger partial charge on any atom is -0.870 e. The molecule has 0 unspecified atom stereocenters. The molecule has 6 N–H and O–H groups in total. The van der Waals surface area contributed by atoms with Gasteiger partial charge in [-0.3, -0.25) is 0 Å². The molecule has 0 bridgehead atoms. The first-order valence-electron chi connectivity index (χ1n) is 0. The molecule has 0 saturated carbocycles. The summed E-state index contributed by atoms with van der Waals surface area (Å²) >= 11 is 0. The van der Waals surface area contributed by atoms with Crippen molar-refractivity contribution in [2.45, 2.75) is 0 Å². The van der Waals surface area contributed by atoms with Crippen molar-refractivity contribution in [3.63, 3.8) is 0 Å². The Morgan fingerprint density at radius 2 is 0.500 bits per heavy atom. The molecule has 0 aliphatic rings. The van der Waals surface area contributed by atoms with E-state index in [0.29, 0.717) is 0 Å². The van der Waals surface area contributed by atoms with Gasteiger partial charge in [0, 0.05) is 0 Å². The molecule has 0 radical (unpaired) electrons. The van der Waals surface area contributed by atoms with Crippen molar-refractivity contribution >= 4 is 0 Å². The van der Waals surface area contributed by atoms with Gasteiger partial charge in [-0.15, -0.1) is 0 Å². The van der Waals surface area contributed by atoms with Crippen LogP contribution in [0.2, 0.25) is 0 Å². The maximum Gasteiger partial charge on any atom is 4.00 e. The van der Waals surface area contributed by atoms with E-state index < -0.39 is 0 Å². The minimum absolute atomic E-state index is 0. The molecule has 0 saturated heterocycles. The standard InChI is InChI=1S/5H2O.Pt/h5*1H2;/q;;;;;+4/p-4. The molecule has 5 nitrogen and oxygen atoms in total. The summed E-state index contributed by atoms with van der Waals surface area (Å²) in [5.74, 6) is 0. The van der Waals surface area contributed by atoms with Gasteiger partial charge >= 0.3 is 21.1 Å². The molecule has 0 aromatic carbocycles. The quantitative estimate of drug-likeness (QED) is 0.528. The van der Waals surface area contributed by atoms with Crippen LogP contribution >= 0.6 is 0 Å². The van der Waals surface area contributed by atoms with E-state index in [4.69, 9.17) is 0 Å². The number of hydrogen-bond donors (Lipinski definition) is 0. The molecule has 0 amide bonds. The molecule has 6 heteroatoms. The van der Waals surface area contributed by atoms with Crippen molar-refractivity contribution in [1.82, 2.24) is 0 Å². The Hall–Kier alpha value is 0.488. The molecule has 0 spiro atoms. The maximum absolute atomic E-state index is 0. The third-order valence-electron chi connectivity index (χ3n) is 0. The van der Waals surface area contributed by atoms with Gasteiger partial charge in [-0.25, -0.2) is 0 Å². The predicted molar refractivity (Wildman–Crippen MR) is 11.4 cm³/mol. The fourth-order valence-corrected chi connectivity index (χ4v) is 0. The van der Waals surface area contributed by atoms with E-state index in [-0.39, 0.29) is 48.4 Å². The molecule has 0 aromatic rings. The first-order chi connectivity index (χ1) is 0. The van der Waals surface area contributed by atoms with Crippen LogP contribution in [0.4, 0.5) is 0 Å². The minimum atomic E-state index is 0. The van der Waals surface area contributed by atoms with Crippen molar-refractivity contribution < 1.29 is 48.4 Å². The van der Waals surface area contributed by atoms with E-state index >= 15 is 0 Å². The van der Waals surface area contributed by atoms with E-state index in [9.17, 15) is 0 Å². The molecular weight excluding hydrogens is 275 g/mol. The predicted octanol–water partition coefficient (Wildman–Crippen LogP) is -1.53. The second-order valence-corrected chi connectivity index (χ2v) is 0. The number of rotatable bonds is 0. The topological polar surface area (TPSA) is 152 Å². The van der Waals surface area contributed by atoms with Crippen LogP contribution in [0.5, 0.6) is 0 Å². The Labute approximate surface area is 49.2 Å². The molecular formula is H6O5Pt. The monoisotopic (exact) mass is 281 g/mol. The Balaban J connectivity index is 0. The van der Waals surface area contributed by atoms with E-state index in [1.807, 2.05) is 0 Å². The fourth-order valence-electron chi connectivity index (χ4n) is 0. The van der Waals surface area contributed by atoms with Gasteiger partial charge in [-0.1, -0.05) is 0 Å². The van der Waals surface area contributed by atoms with Gasteiger partial charge in [0.25, 0.3) is 0 Å². The van der Waals surface area contributed by atoms with Crippen molar-refractivity contribution in [3.05, 3.63) is 0 Å². The van der Waals surface area contributed by atoms with Crippen LogP contribution in [0.3, 0.4) is 0 Å². The van der Waals surface area contributed by atoms with Gasteiger partial charge in [0.05, 0.1) is 0 Å². The molecule has 6 heavy (non-hydrogen) atoms. The van der Waals surface area contributed by atoms with Crippen molar-refractivity contribution in [2.75, 3.05) is 0 Å². The second kappa shape index (κ2) is 464. The van der Waals surface area contributed by atoms with E-state index in [0.717, 1.165) is 0 Å². The van der Waals surface area contributed by atoms with Crippen LogP contribution in [0, 0.1) is 0 Å². The van der Waals surface area contributed by atoms with Gasteiger partial charge in [0.2, 0.25) is 0 Å². The SMILES string of the molecule is O.[OH-].[OH-].[OH-].[OH-].[Pt+4]. The van der Waals surface area contributed by atoms with E-state index in [1.165, 1.54) is 0 Å². The molecule has 0 atom stereocenters. The largest absolute Gasteiger partial charge is 4.00 e. The molecule has 0 aliphatic heterocycles. The van der Waals surface area contributed by atoms with Crippen LogP contribution in [-0.2, 0) is 21.1 Å². The van der Waals surface area contributed by atoms with Crippen molar-refractivity contribution in [2.24, 2.45) is 0 Å². The van der Waals surface area contributed by atoms with Crippen molar-refractivity contribution in [3.8, 4) is 0 Å². The normalized spacial score (nSPS) is 0. The summed E-state index contributed by atoms with van der Waals surface area (Å²) in [5.41, 5.74) is 0. The Morgan fingerprint density at radius 1 is 0.500 bits per heavy atom. The van der Waals surface area contributed by atoms with Crippen molar-refractivity contribution in [1.29, 1.82) is 0 Å². The third-order valence-corrected chi connectivity index (χ3v) is 0. The summed E-state index contributed by atoms with van der Waals surface area (Å²) in [6, 6.07) is 0. The summed E-state index contributed by atoms with van der Waals surface area (Å²) in [7, 11) is 0. The molecule has 0 heterocycles. The summed E-state index contributed by atoms with van der Waals surface area (Å²) < 4.78 is 0. The average molecular weight is 281 g/mol. The molecule has 0 aliphatic carbocycles. The van der Waals surface area contributed by atoms with Crippen LogP contribution in [0.15, 0.2) is 0 Å². The molecule has 0 rings (SSSR count). The zero-order chi connectivity index (χ0) is 0. The zero-order valence-corrected chi connectivity index (χ0v) is 4.88. The van der Waals surface area contributed by atoms with Gasteiger partial charge in [0.1, 0.15) is 0 Å². The van der Waals surface area contributed by atoms with Gasteiger partial charge < -0.3 is 27.4 Å². The van der Waals surface area contributed by atoms with E-state index in [1.54, 1.807) is 0 Å². The van der Waals surface area contributed by atoms with Gasteiger partial charge in [0.15, 0.2) is 0 Å². The van der Waals surface area contributed by atoms with Crippen LogP contribution in [0.25, 0.3) is 0 Å². The van der Waals surface area contributed by atoms with Crippen LogP contribution in [0.1, 0.15) is 0 Å². The first kappa shape index (κ1) is 820. The Morgan fingerprint density at radius 3 is 0.500 bits per heavy atom. The second-order valence-electron chi connectivity index (χ2n) is 0. The number of hydrogen-bond acceptors (Lipinski definition) is 4. The third kappa shape index (κ3) is 229. The van der Waals surface area contributed by atoms with Crippen LogP contribution in [-0.4, -0.2) is 27.4 Å². The smallest absolute Gasteiger partial charge is 0.870 e. The van der Waals surface area contributed by atoms with E-state index in [2.05, 4.69) is 0 Å². The van der Waals surface area contributed by atoms with Gasteiger partial charge in [-0.2, -0.15) is 0 Å². The maximum atomic E-state index is 0. The summed E-state index contributed by atoms with van der Waals surface area (Å²) in [6.07, 6.45) is 0. The average Bonchev–Trinajstić information content (AvgIpc) is 0. The Kier molecular flexibility index (Phi) is 63300. The van der Waals surface area contributed by atoms with Crippen LogP contribution < -0.4 is 0 Å². The fraction of sp³-hybridized carbons (Fsp3) is 0. The zero-order valence-electron chi connectivity index (χ0n) is 2.61. The summed E-state index contributed by atoms with van der Waals surface area (Å²) in [6.45, 7) is 0. The van der Waals surface area contributed by atoms with Gasteiger partial charge in [-0.05, 0) is 0 Å². The summed E-state index contributed by atoms with van der Waals surface area (Å²) in [4.78, 5) is 0. The molecule has 0 aromatic heterocycles. The molecule has 0 fully saturated rings. The first-order valence-corrected chi connectivity index (χ1v) is 0.